The van der Waals surface area contributed by atoms with Crippen LogP contribution in [0.25, 0.3) is 0 Å². The average Bonchev–Trinajstić information content (AvgIpc) is 2.14. The summed E-state index contributed by atoms with van der Waals surface area (Å²) in [7, 11) is 1.34. The zero-order valence-electron chi connectivity index (χ0n) is 7.40. The van der Waals surface area contributed by atoms with Crippen LogP contribution in [0.15, 0.2) is 12.2 Å². The molecule has 2 unspecified atom stereocenters. The summed E-state index contributed by atoms with van der Waals surface area (Å²) >= 11 is 0. The maximum absolute atomic E-state index is 11.2. The van der Waals surface area contributed by atoms with E-state index >= 15 is 0 Å². The summed E-state index contributed by atoms with van der Waals surface area (Å²) in [5, 5.41) is 0. The normalized spacial score (nSPS) is 30.8. The molecule has 4 nitrogen and oxygen atoms in total. The minimum Gasteiger partial charge on any atom is -0.467 e. The number of methoxy groups -OCH3 is 1. The highest BCUT2D eigenvalue weighted by molar-refractivity contribution is 5.90. The number of fused-ring (bicyclic) bond motifs is 1. The zero-order valence-corrected chi connectivity index (χ0v) is 7.40. The number of β-lactam (4-membered cyclic amide) rings is 1. The molecular weight excluding hydrogens is 170 g/mol. The SMILES string of the molecule is COC(=O)C1C=CCC2CC(=O)N21. The summed E-state index contributed by atoms with van der Waals surface area (Å²) < 4.78 is 4.61. The highest BCUT2D eigenvalue weighted by atomic mass is 16.5. The van der Waals surface area contributed by atoms with Crippen molar-refractivity contribution >= 4 is 11.9 Å². The van der Waals surface area contributed by atoms with Crippen LogP contribution in [0.1, 0.15) is 12.8 Å². The summed E-state index contributed by atoms with van der Waals surface area (Å²) in [6.45, 7) is 0. The number of nitrogens with zero attached hydrogens (tertiary/aromatic N) is 1. The first-order valence-corrected chi connectivity index (χ1v) is 4.29. The molecule has 0 spiro atoms. The smallest absolute Gasteiger partial charge is 0.332 e. The fraction of sp³-hybridized carbons (Fsp3) is 0.556. The standard InChI is InChI=1S/C9H11NO3/c1-13-9(12)7-4-2-3-6-5-8(11)10(6)7/h2,4,6-7H,3,5H2,1H3. The van der Waals surface area contributed by atoms with Gasteiger partial charge < -0.3 is 9.64 Å². The lowest BCUT2D eigenvalue weighted by Gasteiger charge is -2.45. The summed E-state index contributed by atoms with van der Waals surface area (Å²) in [4.78, 5) is 24.0. The van der Waals surface area contributed by atoms with Gasteiger partial charge in [0, 0.05) is 12.5 Å². The first-order valence-electron chi connectivity index (χ1n) is 4.29. The lowest BCUT2D eigenvalue weighted by molar-refractivity contribution is -0.161. The Bertz CT molecular complexity index is 285. The molecule has 0 aromatic rings. The number of hydrogen-bond acceptors (Lipinski definition) is 3. The number of esters is 1. The summed E-state index contributed by atoms with van der Waals surface area (Å²) in [6.07, 6.45) is 5.10. The van der Waals surface area contributed by atoms with Gasteiger partial charge in [-0.2, -0.15) is 0 Å². The molecular formula is C9H11NO3. The average molecular weight is 181 g/mol. The van der Waals surface area contributed by atoms with E-state index in [4.69, 9.17) is 0 Å². The van der Waals surface area contributed by atoms with Crippen LogP contribution in [0.4, 0.5) is 0 Å². The number of amides is 1. The second kappa shape index (κ2) is 2.87. The molecule has 13 heavy (non-hydrogen) atoms. The Labute approximate surface area is 76.2 Å². The Morgan fingerprint density at radius 2 is 2.46 bits per heavy atom. The third-order valence-electron chi connectivity index (χ3n) is 2.56. The molecule has 70 valence electrons. The van der Waals surface area contributed by atoms with E-state index in [0.29, 0.717) is 6.42 Å². The number of rotatable bonds is 1. The first-order chi connectivity index (χ1) is 6.24. The van der Waals surface area contributed by atoms with E-state index < -0.39 is 6.04 Å². The molecule has 4 heteroatoms. The van der Waals surface area contributed by atoms with Gasteiger partial charge in [0.05, 0.1) is 7.11 Å². The number of carbonyl (C=O) groups is 2. The van der Waals surface area contributed by atoms with Gasteiger partial charge in [0.2, 0.25) is 5.91 Å². The van der Waals surface area contributed by atoms with Crippen molar-refractivity contribution in [3.63, 3.8) is 0 Å². The Morgan fingerprint density at radius 1 is 1.69 bits per heavy atom. The van der Waals surface area contributed by atoms with Crippen molar-refractivity contribution in [3.8, 4) is 0 Å². The minimum atomic E-state index is -0.481. The summed E-state index contributed by atoms with van der Waals surface area (Å²) in [6, 6.07) is -0.258. The van der Waals surface area contributed by atoms with Crippen LogP contribution in [-0.4, -0.2) is 36.0 Å². The maximum Gasteiger partial charge on any atom is 0.332 e. The van der Waals surface area contributed by atoms with Crippen LogP contribution >= 0.6 is 0 Å². The Hall–Kier alpha value is -1.32. The van der Waals surface area contributed by atoms with Gasteiger partial charge in [0.25, 0.3) is 0 Å². The fourth-order valence-corrected chi connectivity index (χ4v) is 1.85. The van der Waals surface area contributed by atoms with Crippen molar-refractivity contribution in [3.05, 3.63) is 12.2 Å². The van der Waals surface area contributed by atoms with Crippen LogP contribution in [0.3, 0.4) is 0 Å². The molecule has 1 amide bonds. The molecule has 1 fully saturated rings. The zero-order chi connectivity index (χ0) is 9.42. The van der Waals surface area contributed by atoms with Gasteiger partial charge >= 0.3 is 5.97 Å². The molecule has 2 aliphatic heterocycles. The second-order valence-electron chi connectivity index (χ2n) is 3.29. The molecule has 2 rings (SSSR count). The van der Waals surface area contributed by atoms with Crippen molar-refractivity contribution in [2.45, 2.75) is 24.9 Å². The summed E-state index contributed by atoms with van der Waals surface area (Å²) in [5.74, 6) is -0.307. The van der Waals surface area contributed by atoms with Crippen molar-refractivity contribution < 1.29 is 14.3 Å². The predicted molar refractivity (Wildman–Crippen MR) is 44.8 cm³/mol. The Morgan fingerprint density at radius 3 is 3.08 bits per heavy atom. The van der Waals surface area contributed by atoms with Crippen molar-refractivity contribution in [1.82, 2.24) is 4.90 Å². The van der Waals surface area contributed by atoms with Crippen molar-refractivity contribution in [2.75, 3.05) is 7.11 Å². The maximum atomic E-state index is 11.2. The van der Waals surface area contributed by atoms with Crippen LogP contribution in [0, 0.1) is 0 Å². The van der Waals surface area contributed by atoms with E-state index in [1.807, 2.05) is 6.08 Å². The van der Waals surface area contributed by atoms with E-state index in [1.54, 1.807) is 11.0 Å². The van der Waals surface area contributed by atoms with Crippen LogP contribution < -0.4 is 0 Å². The molecule has 0 radical (unpaired) electrons. The first kappa shape index (κ1) is 8.29. The second-order valence-corrected chi connectivity index (χ2v) is 3.29. The largest absolute Gasteiger partial charge is 0.467 e. The van der Waals surface area contributed by atoms with Gasteiger partial charge in [-0.15, -0.1) is 0 Å². The van der Waals surface area contributed by atoms with Gasteiger partial charge in [-0.3, -0.25) is 4.79 Å². The molecule has 2 heterocycles. The topological polar surface area (TPSA) is 46.6 Å². The number of carbonyl (C=O) groups excluding carboxylic acids is 2. The molecule has 0 saturated carbocycles. The molecule has 0 aromatic heterocycles. The molecule has 0 aromatic carbocycles. The van der Waals surface area contributed by atoms with Crippen molar-refractivity contribution in [2.24, 2.45) is 0 Å². The van der Waals surface area contributed by atoms with Gasteiger partial charge in [-0.1, -0.05) is 12.2 Å². The molecule has 0 N–H and O–H groups in total. The van der Waals surface area contributed by atoms with Gasteiger partial charge in [-0.05, 0) is 6.42 Å². The monoisotopic (exact) mass is 181 g/mol. The number of hydrogen-bond donors (Lipinski definition) is 0. The lowest BCUT2D eigenvalue weighted by Crippen LogP contribution is -2.60. The van der Waals surface area contributed by atoms with Crippen LogP contribution in [-0.2, 0) is 14.3 Å². The highest BCUT2D eigenvalue weighted by Gasteiger charge is 2.44. The van der Waals surface area contributed by atoms with Crippen LogP contribution in [0.5, 0.6) is 0 Å². The summed E-state index contributed by atoms with van der Waals surface area (Å²) in [5.41, 5.74) is 0. The third-order valence-corrected chi connectivity index (χ3v) is 2.56. The van der Waals surface area contributed by atoms with Gasteiger partial charge in [-0.25, -0.2) is 4.79 Å². The van der Waals surface area contributed by atoms with Gasteiger partial charge in [0.15, 0.2) is 0 Å². The van der Waals surface area contributed by atoms with Gasteiger partial charge in [0.1, 0.15) is 6.04 Å². The van der Waals surface area contributed by atoms with E-state index in [-0.39, 0.29) is 17.9 Å². The highest BCUT2D eigenvalue weighted by Crippen LogP contribution is 2.29. The minimum absolute atomic E-state index is 0.0461. The third kappa shape index (κ3) is 1.13. The molecule has 2 atom stereocenters. The van der Waals surface area contributed by atoms with E-state index in [0.717, 1.165) is 6.42 Å². The lowest BCUT2D eigenvalue weighted by atomic mass is 9.91. The van der Waals surface area contributed by atoms with Crippen LogP contribution in [0.2, 0.25) is 0 Å². The molecule has 1 saturated heterocycles. The Balaban J connectivity index is 2.17. The predicted octanol–water partition coefficient (Wildman–Crippen LogP) is 0.0888. The molecule has 2 aliphatic rings. The van der Waals surface area contributed by atoms with E-state index in [1.165, 1.54) is 7.11 Å². The molecule has 0 aliphatic carbocycles. The van der Waals surface area contributed by atoms with Crippen molar-refractivity contribution in [1.29, 1.82) is 0 Å². The quantitative estimate of drug-likeness (QED) is 0.327. The van der Waals surface area contributed by atoms with E-state index in [2.05, 4.69) is 4.74 Å². The fourth-order valence-electron chi connectivity index (χ4n) is 1.85. The molecule has 0 bridgehead atoms. The van der Waals surface area contributed by atoms with E-state index in [9.17, 15) is 9.59 Å². The Kier molecular flexibility index (Phi) is 1.83. The number of ether oxygens (including phenoxy) is 1.